The van der Waals surface area contributed by atoms with Crippen molar-refractivity contribution < 1.29 is 9.53 Å². The fourth-order valence-corrected chi connectivity index (χ4v) is 2.38. The molecule has 0 aromatic heterocycles. The maximum Gasteiger partial charge on any atom is 0.309 e. The van der Waals surface area contributed by atoms with Gasteiger partial charge in [0.15, 0.2) is 0 Å². The van der Waals surface area contributed by atoms with Gasteiger partial charge in [0.1, 0.15) is 0 Å². The molecule has 2 heteroatoms. The molecule has 0 aromatic carbocycles. The van der Waals surface area contributed by atoms with Gasteiger partial charge in [-0.3, -0.25) is 4.79 Å². The van der Waals surface area contributed by atoms with Crippen molar-refractivity contribution in [3.63, 3.8) is 0 Å². The average Bonchev–Trinajstić information content (AvgIpc) is 2.47. The Morgan fingerprint density at radius 2 is 1.15 bits per heavy atom. The Morgan fingerprint density at radius 3 is 1.55 bits per heavy atom. The molecule has 1 radical (unpaired) electrons. The maximum absolute atomic E-state index is 10.9. The molecule has 0 fully saturated rings. The van der Waals surface area contributed by atoms with E-state index in [9.17, 15) is 4.79 Å². The van der Waals surface area contributed by atoms with E-state index < -0.39 is 0 Å². The van der Waals surface area contributed by atoms with Gasteiger partial charge in [-0.2, -0.15) is 0 Å². The van der Waals surface area contributed by atoms with E-state index in [0.717, 1.165) is 6.42 Å². The van der Waals surface area contributed by atoms with Gasteiger partial charge in [0.25, 0.3) is 0 Å². The zero-order valence-electron chi connectivity index (χ0n) is 13.8. The predicted octanol–water partition coefficient (Wildman–Crippen LogP) is 5.84. The van der Waals surface area contributed by atoms with Crippen molar-refractivity contribution in [1.29, 1.82) is 0 Å². The Labute approximate surface area is 126 Å². The second-order valence-corrected chi connectivity index (χ2v) is 5.70. The second kappa shape index (κ2) is 16.5. The molecule has 0 heterocycles. The number of rotatable bonds is 15. The number of carbonyl (C=O) groups is 1. The topological polar surface area (TPSA) is 26.3 Å². The molecule has 0 unspecified atom stereocenters. The summed E-state index contributed by atoms with van der Waals surface area (Å²) in [5.41, 5.74) is 0. The van der Waals surface area contributed by atoms with Crippen LogP contribution in [0.5, 0.6) is 0 Å². The SMILES string of the molecule is C[CH]C(=O)OCCCCCCCCCCCCCCC. The van der Waals surface area contributed by atoms with Crippen molar-refractivity contribution in [2.24, 2.45) is 0 Å². The number of esters is 1. The third kappa shape index (κ3) is 15.5. The fourth-order valence-electron chi connectivity index (χ4n) is 2.38. The van der Waals surface area contributed by atoms with Crippen molar-refractivity contribution in [3.05, 3.63) is 6.42 Å². The maximum atomic E-state index is 10.9. The minimum absolute atomic E-state index is 0.191. The lowest BCUT2D eigenvalue weighted by molar-refractivity contribution is -0.139. The quantitative estimate of drug-likeness (QED) is 0.278. The summed E-state index contributed by atoms with van der Waals surface area (Å²) >= 11 is 0. The van der Waals surface area contributed by atoms with E-state index in [1.807, 2.05) is 0 Å². The number of hydrogen-bond acceptors (Lipinski definition) is 2. The van der Waals surface area contributed by atoms with E-state index >= 15 is 0 Å². The molecule has 0 amide bonds. The Kier molecular flexibility index (Phi) is 16.1. The van der Waals surface area contributed by atoms with Gasteiger partial charge in [-0.1, -0.05) is 90.9 Å². The van der Waals surface area contributed by atoms with Gasteiger partial charge >= 0.3 is 5.97 Å². The number of hydrogen-bond donors (Lipinski definition) is 0. The highest BCUT2D eigenvalue weighted by Crippen LogP contribution is 2.12. The first-order chi connectivity index (χ1) is 9.81. The minimum atomic E-state index is -0.191. The molecule has 0 aromatic rings. The first-order valence-electron chi connectivity index (χ1n) is 8.77. The zero-order valence-corrected chi connectivity index (χ0v) is 13.8. The van der Waals surface area contributed by atoms with Gasteiger partial charge in [-0.15, -0.1) is 0 Å². The Morgan fingerprint density at radius 1 is 0.750 bits per heavy atom. The summed E-state index contributed by atoms with van der Waals surface area (Å²) in [6.07, 6.45) is 18.9. The Bertz CT molecular complexity index is 202. The molecule has 0 aliphatic carbocycles. The van der Waals surface area contributed by atoms with E-state index in [1.165, 1.54) is 83.5 Å². The molecule has 0 bridgehead atoms. The van der Waals surface area contributed by atoms with Crippen molar-refractivity contribution in [2.75, 3.05) is 6.61 Å². The van der Waals surface area contributed by atoms with Crippen LogP contribution >= 0.6 is 0 Å². The van der Waals surface area contributed by atoms with Gasteiger partial charge in [0.2, 0.25) is 0 Å². The third-order valence-corrected chi connectivity index (χ3v) is 3.73. The van der Waals surface area contributed by atoms with Crippen LogP contribution in [0, 0.1) is 6.42 Å². The van der Waals surface area contributed by atoms with Crippen molar-refractivity contribution in [1.82, 2.24) is 0 Å². The summed E-state index contributed by atoms with van der Waals surface area (Å²) in [6, 6.07) is 0. The summed E-state index contributed by atoms with van der Waals surface area (Å²) in [6.45, 7) is 4.57. The highest BCUT2D eigenvalue weighted by molar-refractivity contribution is 5.78. The lowest BCUT2D eigenvalue weighted by Crippen LogP contribution is -2.04. The van der Waals surface area contributed by atoms with Crippen LogP contribution in [-0.4, -0.2) is 12.6 Å². The first kappa shape index (κ1) is 19.5. The summed E-state index contributed by atoms with van der Waals surface area (Å²) in [7, 11) is 0. The summed E-state index contributed by atoms with van der Waals surface area (Å²) in [4.78, 5) is 10.9. The van der Waals surface area contributed by atoms with Crippen LogP contribution in [0.2, 0.25) is 0 Å². The summed E-state index contributed by atoms with van der Waals surface area (Å²) < 4.78 is 5.00. The highest BCUT2D eigenvalue weighted by Gasteiger charge is 1.98. The van der Waals surface area contributed by atoms with Crippen LogP contribution < -0.4 is 0 Å². The summed E-state index contributed by atoms with van der Waals surface area (Å²) in [5.74, 6) is -0.191. The molecule has 0 aliphatic rings. The predicted molar refractivity (Wildman–Crippen MR) is 86.6 cm³/mol. The molecule has 0 saturated carbocycles. The van der Waals surface area contributed by atoms with Crippen molar-refractivity contribution in [3.8, 4) is 0 Å². The molecular weight excluding hydrogens is 248 g/mol. The molecule has 0 saturated heterocycles. The zero-order chi connectivity index (χ0) is 14.9. The van der Waals surface area contributed by atoms with E-state index in [1.54, 1.807) is 6.92 Å². The Balaban J connectivity index is 2.97. The summed E-state index contributed by atoms with van der Waals surface area (Å²) in [5, 5.41) is 0. The van der Waals surface area contributed by atoms with E-state index in [2.05, 4.69) is 6.92 Å². The van der Waals surface area contributed by atoms with Crippen LogP contribution in [-0.2, 0) is 9.53 Å². The standard InChI is InChI=1S/C18H35O2/c1-3-5-6-7-8-9-10-11-12-13-14-15-16-17-20-18(19)4-2/h4H,3,5-17H2,1-2H3. The lowest BCUT2D eigenvalue weighted by Gasteiger charge is -2.04. The van der Waals surface area contributed by atoms with E-state index in [0.29, 0.717) is 6.61 Å². The molecule has 119 valence electrons. The normalized spacial score (nSPS) is 10.7. The fraction of sp³-hybridized carbons (Fsp3) is 0.889. The second-order valence-electron chi connectivity index (χ2n) is 5.70. The largest absolute Gasteiger partial charge is 0.465 e. The molecule has 0 N–H and O–H groups in total. The van der Waals surface area contributed by atoms with E-state index in [4.69, 9.17) is 4.74 Å². The van der Waals surface area contributed by atoms with Crippen LogP contribution in [0.15, 0.2) is 0 Å². The first-order valence-corrected chi connectivity index (χ1v) is 8.77. The van der Waals surface area contributed by atoms with Crippen molar-refractivity contribution >= 4 is 5.97 Å². The van der Waals surface area contributed by atoms with E-state index in [-0.39, 0.29) is 5.97 Å². The molecule has 0 spiro atoms. The number of ether oxygens (including phenoxy) is 1. The molecule has 2 nitrogen and oxygen atoms in total. The molecule has 20 heavy (non-hydrogen) atoms. The average molecular weight is 283 g/mol. The van der Waals surface area contributed by atoms with Gasteiger partial charge in [-0.05, 0) is 6.42 Å². The third-order valence-electron chi connectivity index (χ3n) is 3.73. The number of carbonyl (C=O) groups excluding carboxylic acids is 1. The van der Waals surface area contributed by atoms with Gasteiger partial charge < -0.3 is 4.74 Å². The monoisotopic (exact) mass is 283 g/mol. The Hall–Kier alpha value is -0.530. The van der Waals surface area contributed by atoms with Crippen LogP contribution in [0.25, 0.3) is 0 Å². The molecule has 0 aliphatic heterocycles. The molecular formula is C18H35O2. The minimum Gasteiger partial charge on any atom is -0.465 e. The van der Waals surface area contributed by atoms with Crippen molar-refractivity contribution in [2.45, 2.75) is 97.3 Å². The van der Waals surface area contributed by atoms with Crippen LogP contribution in [0.4, 0.5) is 0 Å². The molecule has 0 rings (SSSR count). The van der Waals surface area contributed by atoms with Gasteiger partial charge in [0, 0.05) is 0 Å². The van der Waals surface area contributed by atoms with Crippen LogP contribution in [0.3, 0.4) is 0 Å². The smallest absolute Gasteiger partial charge is 0.309 e. The number of unbranched alkanes of at least 4 members (excludes halogenated alkanes) is 12. The van der Waals surface area contributed by atoms with Crippen LogP contribution in [0.1, 0.15) is 97.3 Å². The van der Waals surface area contributed by atoms with Gasteiger partial charge in [-0.25, -0.2) is 0 Å². The van der Waals surface area contributed by atoms with Gasteiger partial charge in [0.05, 0.1) is 13.0 Å². The lowest BCUT2D eigenvalue weighted by atomic mass is 10.0. The molecule has 0 atom stereocenters. The highest BCUT2D eigenvalue weighted by atomic mass is 16.5.